The quantitative estimate of drug-likeness (QED) is 0.826. The summed E-state index contributed by atoms with van der Waals surface area (Å²) in [7, 11) is 0. The van der Waals surface area contributed by atoms with Crippen molar-refractivity contribution in [3.63, 3.8) is 0 Å². The van der Waals surface area contributed by atoms with Gasteiger partial charge in [-0.15, -0.1) is 11.8 Å². The molecule has 0 aliphatic rings. The first-order valence-corrected chi connectivity index (χ1v) is 7.15. The van der Waals surface area contributed by atoms with Crippen LogP contribution in [0.25, 0.3) is 10.8 Å². The number of benzene rings is 2. The van der Waals surface area contributed by atoms with Gasteiger partial charge in [0.05, 0.1) is 0 Å². The van der Waals surface area contributed by atoms with Crippen LogP contribution >= 0.6 is 11.8 Å². The third-order valence-corrected chi connectivity index (χ3v) is 4.34. The Hall–Kier alpha value is -1.74. The van der Waals surface area contributed by atoms with Crippen molar-refractivity contribution in [3.8, 4) is 0 Å². The molecule has 0 bridgehead atoms. The lowest BCUT2D eigenvalue weighted by atomic mass is 10.0. The highest BCUT2D eigenvalue weighted by molar-refractivity contribution is 7.99. The van der Waals surface area contributed by atoms with Gasteiger partial charge in [-0.3, -0.25) is 0 Å². The van der Waals surface area contributed by atoms with Crippen molar-refractivity contribution in [1.82, 2.24) is 0 Å². The first-order chi connectivity index (χ1) is 9.09. The zero-order valence-electron chi connectivity index (χ0n) is 10.8. The summed E-state index contributed by atoms with van der Waals surface area (Å²) in [6.45, 7) is 5.66. The van der Waals surface area contributed by atoms with Gasteiger partial charge in [-0.25, -0.2) is 4.79 Å². The van der Waals surface area contributed by atoms with Crippen LogP contribution in [0, 0.1) is 0 Å². The number of thioether (sulfide) groups is 1. The maximum Gasteiger partial charge on any atom is 0.331 e. The van der Waals surface area contributed by atoms with E-state index in [1.54, 1.807) is 11.8 Å². The second-order valence-corrected chi connectivity index (χ2v) is 5.76. The summed E-state index contributed by atoms with van der Waals surface area (Å²) in [6.07, 6.45) is 0. The van der Waals surface area contributed by atoms with Gasteiger partial charge in [0.25, 0.3) is 0 Å². The fourth-order valence-corrected chi connectivity index (χ4v) is 2.94. The topological polar surface area (TPSA) is 37.3 Å². The molecule has 0 aliphatic carbocycles. The van der Waals surface area contributed by atoms with Gasteiger partial charge in [0, 0.05) is 16.6 Å². The van der Waals surface area contributed by atoms with Crippen LogP contribution in [-0.2, 0) is 4.79 Å². The van der Waals surface area contributed by atoms with Crippen molar-refractivity contribution in [2.24, 2.45) is 0 Å². The molecule has 0 heterocycles. The lowest BCUT2D eigenvalue weighted by molar-refractivity contribution is -0.132. The standard InChI is InChI=1S/C16H16O2S/c1-11(16(17)18)10-19-12(2)14-9-5-7-13-6-3-4-8-15(13)14/h3-9,12H,1,10H2,2H3,(H,17,18). The molecule has 0 saturated carbocycles. The number of hydrogen-bond donors (Lipinski definition) is 1. The number of carboxylic acids is 1. The van der Waals surface area contributed by atoms with Gasteiger partial charge in [-0.2, -0.15) is 0 Å². The van der Waals surface area contributed by atoms with E-state index in [2.05, 4.69) is 37.8 Å². The van der Waals surface area contributed by atoms with E-state index in [0.29, 0.717) is 5.75 Å². The Morgan fingerprint density at radius 1 is 1.26 bits per heavy atom. The fraction of sp³-hybridized carbons (Fsp3) is 0.188. The summed E-state index contributed by atoms with van der Waals surface area (Å²) in [4.78, 5) is 10.7. The summed E-state index contributed by atoms with van der Waals surface area (Å²) in [5.41, 5.74) is 1.48. The van der Waals surface area contributed by atoms with Crippen molar-refractivity contribution in [3.05, 3.63) is 60.2 Å². The molecular formula is C16H16O2S. The highest BCUT2D eigenvalue weighted by atomic mass is 32.2. The van der Waals surface area contributed by atoms with E-state index in [0.717, 1.165) is 0 Å². The van der Waals surface area contributed by atoms with E-state index in [1.807, 2.05) is 18.2 Å². The molecule has 1 atom stereocenters. The van der Waals surface area contributed by atoms with Gasteiger partial charge in [-0.05, 0) is 23.3 Å². The minimum atomic E-state index is -0.919. The van der Waals surface area contributed by atoms with Gasteiger partial charge >= 0.3 is 5.97 Å². The van der Waals surface area contributed by atoms with Crippen LogP contribution in [-0.4, -0.2) is 16.8 Å². The Morgan fingerprint density at radius 2 is 1.95 bits per heavy atom. The summed E-state index contributed by atoms with van der Waals surface area (Å²) >= 11 is 1.60. The summed E-state index contributed by atoms with van der Waals surface area (Å²) in [6, 6.07) is 14.5. The minimum absolute atomic E-state index is 0.238. The Morgan fingerprint density at radius 3 is 2.68 bits per heavy atom. The molecule has 0 amide bonds. The third kappa shape index (κ3) is 3.18. The Balaban J connectivity index is 2.20. The molecule has 1 unspecified atom stereocenters. The molecule has 2 nitrogen and oxygen atoms in total. The van der Waals surface area contributed by atoms with E-state index in [-0.39, 0.29) is 10.8 Å². The molecule has 0 fully saturated rings. The van der Waals surface area contributed by atoms with Crippen molar-refractivity contribution in [1.29, 1.82) is 0 Å². The predicted octanol–water partition coefficient (Wildman–Crippen LogP) is 4.27. The average Bonchev–Trinajstić information content (AvgIpc) is 2.43. The van der Waals surface area contributed by atoms with E-state index in [9.17, 15) is 4.79 Å². The van der Waals surface area contributed by atoms with Crippen molar-refractivity contribution in [2.45, 2.75) is 12.2 Å². The van der Waals surface area contributed by atoms with Gasteiger partial charge in [-0.1, -0.05) is 49.0 Å². The molecule has 98 valence electrons. The minimum Gasteiger partial charge on any atom is -0.478 e. The van der Waals surface area contributed by atoms with Crippen LogP contribution < -0.4 is 0 Å². The predicted molar refractivity (Wildman–Crippen MR) is 81.6 cm³/mol. The molecule has 0 aromatic heterocycles. The second kappa shape index (κ2) is 5.93. The van der Waals surface area contributed by atoms with Crippen LogP contribution in [0.15, 0.2) is 54.6 Å². The zero-order chi connectivity index (χ0) is 13.8. The average molecular weight is 272 g/mol. The molecular weight excluding hydrogens is 256 g/mol. The highest BCUT2D eigenvalue weighted by Gasteiger charge is 2.12. The van der Waals surface area contributed by atoms with Gasteiger partial charge in [0.2, 0.25) is 0 Å². The lowest BCUT2D eigenvalue weighted by Gasteiger charge is -2.14. The van der Waals surface area contributed by atoms with E-state index in [1.165, 1.54) is 16.3 Å². The lowest BCUT2D eigenvalue weighted by Crippen LogP contribution is -2.02. The molecule has 1 N–H and O–H groups in total. The smallest absolute Gasteiger partial charge is 0.331 e. The number of fused-ring (bicyclic) bond motifs is 1. The van der Waals surface area contributed by atoms with Crippen molar-refractivity contribution < 1.29 is 9.90 Å². The second-order valence-electron chi connectivity index (χ2n) is 4.43. The van der Waals surface area contributed by atoms with Gasteiger partial charge in [0.1, 0.15) is 0 Å². The molecule has 2 aromatic rings. The number of aliphatic carboxylic acids is 1. The normalized spacial score (nSPS) is 12.3. The molecule has 0 aliphatic heterocycles. The van der Waals surface area contributed by atoms with Crippen LogP contribution in [0.3, 0.4) is 0 Å². The largest absolute Gasteiger partial charge is 0.478 e. The highest BCUT2D eigenvalue weighted by Crippen LogP contribution is 2.34. The van der Waals surface area contributed by atoms with E-state index < -0.39 is 5.97 Å². The summed E-state index contributed by atoms with van der Waals surface area (Å²) < 4.78 is 0. The molecule has 0 spiro atoms. The molecule has 19 heavy (non-hydrogen) atoms. The maximum absolute atomic E-state index is 10.7. The Kier molecular flexibility index (Phi) is 4.27. The van der Waals surface area contributed by atoms with Crippen LogP contribution in [0.5, 0.6) is 0 Å². The first-order valence-electron chi connectivity index (χ1n) is 6.10. The zero-order valence-corrected chi connectivity index (χ0v) is 11.6. The fourth-order valence-electron chi connectivity index (χ4n) is 1.98. The van der Waals surface area contributed by atoms with Crippen LogP contribution in [0.4, 0.5) is 0 Å². The Bertz CT molecular complexity index is 614. The molecule has 2 aromatic carbocycles. The number of rotatable bonds is 5. The third-order valence-electron chi connectivity index (χ3n) is 3.07. The van der Waals surface area contributed by atoms with Crippen molar-refractivity contribution >= 4 is 28.5 Å². The van der Waals surface area contributed by atoms with Crippen molar-refractivity contribution in [2.75, 3.05) is 5.75 Å². The number of carbonyl (C=O) groups is 1. The number of carboxylic acid groups (broad SMARTS) is 1. The summed E-state index contributed by atoms with van der Waals surface area (Å²) in [5, 5.41) is 11.5. The first kappa shape index (κ1) is 13.7. The molecule has 0 radical (unpaired) electrons. The van der Waals surface area contributed by atoms with E-state index in [4.69, 9.17) is 5.11 Å². The van der Waals surface area contributed by atoms with Crippen LogP contribution in [0.2, 0.25) is 0 Å². The Labute approximate surface area is 117 Å². The molecule has 3 heteroatoms. The molecule has 0 saturated heterocycles. The van der Waals surface area contributed by atoms with Gasteiger partial charge in [0.15, 0.2) is 0 Å². The summed E-state index contributed by atoms with van der Waals surface area (Å²) in [5.74, 6) is -0.475. The van der Waals surface area contributed by atoms with Gasteiger partial charge < -0.3 is 5.11 Å². The van der Waals surface area contributed by atoms with E-state index >= 15 is 0 Å². The van der Waals surface area contributed by atoms with Crippen LogP contribution in [0.1, 0.15) is 17.7 Å². The molecule has 2 rings (SSSR count). The number of hydrogen-bond acceptors (Lipinski definition) is 2. The maximum atomic E-state index is 10.7. The SMILES string of the molecule is C=C(CSC(C)c1cccc2ccccc12)C(=O)O. The monoisotopic (exact) mass is 272 g/mol.